The maximum atomic E-state index is 12.7. The summed E-state index contributed by atoms with van der Waals surface area (Å²) >= 11 is 0. The SMILES string of the molecule is CCCN1CCC(NS(=O)(=O)c2c(C)cc(C)cc2C)CC1. The Bertz CT molecular complexity index is 595. The molecule has 0 spiro atoms. The van der Waals surface area contributed by atoms with Gasteiger partial charge in [-0.25, -0.2) is 13.1 Å². The van der Waals surface area contributed by atoms with Crippen LogP contribution in [0.15, 0.2) is 17.0 Å². The Morgan fingerprint density at radius 1 is 1.14 bits per heavy atom. The number of nitrogens with zero attached hydrogens (tertiary/aromatic N) is 1. The van der Waals surface area contributed by atoms with Crippen LogP contribution in [0.4, 0.5) is 0 Å². The molecule has 4 nitrogen and oxygen atoms in total. The zero-order valence-electron chi connectivity index (χ0n) is 14.1. The lowest BCUT2D eigenvalue weighted by Gasteiger charge is -2.32. The Hall–Kier alpha value is -0.910. The van der Waals surface area contributed by atoms with Crippen LogP contribution in [-0.4, -0.2) is 39.0 Å². The van der Waals surface area contributed by atoms with E-state index in [0.29, 0.717) is 4.90 Å². The van der Waals surface area contributed by atoms with E-state index in [2.05, 4.69) is 16.5 Å². The van der Waals surface area contributed by atoms with Crippen LogP contribution in [-0.2, 0) is 10.0 Å². The fourth-order valence-electron chi connectivity index (χ4n) is 3.46. The molecule has 124 valence electrons. The molecule has 0 atom stereocenters. The Labute approximate surface area is 135 Å². The topological polar surface area (TPSA) is 49.4 Å². The number of piperidine rings is 1. The number of nitrogens with one attached hydrogen (secondary N) is 1. The van der Waals surface area contributed by atoms with Crippen molar-refractivity contribution in [1.82, 2.24) is 9.62 Å². The Morgan fingerprint density at radius 3 is 2.18 bits per heavy atom. The fourth-order valence-corrected chi connectivity index (χ4v) is 5.22. The second-order valence-electron chi connectivity index (χ2n) is 6.47. The number of aryl methyl sites for hydroxylation is 3. The van der Waals surface area contributed by atoms with Gasteiger partial charge in [-0.1, -0.05) is 24.6 Å². The first-order valence-corrected chi connectivity index (χ1v) is 9.64. The summed E-state index contributed by atoms with van der Waals surface area (Å²) in [5, 5.41) is 0. The highest BCUT2D eigenvalue weighted by atomic mass is 32.2. The first kappa shape index (κ1) is 17.4. The summed E-state index contributed by atoms with van der Waals surface area (Å²) in [4.78, 5) is 2.86. The summed E-state index contributed by atoms with van der Waals surface area (Å²) in [6.07, 6.45) is 2.94. The summed E-state index contributed by atoms with van der Waals surface area (Å²) in [7, 11) is -3.44. The predicted molar refractivity (Wildman–Crippen MR) is 90.7 cm³/mol. The minimum Gasteiger partial charge on any atom is -0.303 e. The number of sulfonamides is 1. The van der Waals surface area contributed by atoms with Crippen molar-refractivity contribution in [2.24, 2.45) is 0 Å². The van der Waals surface area contributed by atoms with E-state index in [1.807, 2.05) is 32.9 Å². The zero-order valence-corrected chi connectivity index (χ0v) is 15.0. The Morgan fingerprint density at radius 2 is 1.68 bits per heavy atom. The molecule has 2 rings (SSSR count). The van der Waals surface area contributed by atoms with Gasteiger partial charge in [-0.2, -0.15) is 0 Å². The van der Waals surface area contributed by atoms with Crippen molar-refractivity contribution in [3.05, 3.63) is 28.8 Å². The van der Waals surface area contributed by atoms with E-state index in [-0.39, 0.29) is 6.04 Å². The second-order valence-corrected chi connectivity index (χ2v) is 8.12. The first-order valence-electron chi connectivity index (χ1n) is 8.16. The maximum absolute atomic E-state index is 12.7. The minimum absolute atomic E-state index is 0.0539. The Kier molecular flexibility index (Phi) is 5.64. The monoisotopic (exact) mass is 324 g/mol. The third kappa shape index (κ3) is 4.09. The van der Waals surface area contributed by atoms with Crippen LogP contribution < -0.4 is 4.72 Å². The first-order chi connectivity index (χ1) is 10.3. The van der Waals surface area contributed by atoms with Crippen molar-refractivity contribution in [2.75, 3.05) is 19.6 Å². The van der Waals surface area contributed by atoms with Gasteiger partial charge in [-0.05, 0) is 70.8 Å². The molecule has 0 unspecified atom stereocenters. The largest absolute Gasteiger partial charge is 0.303 e. The molecule has 0 aromatic heterocycles. The lowest BCUT2D eigenvalue weighted by atomic mass is 10.1. The lowest BCUT2D eigenvalue weighted by molar-refractivity contribution is 0.208. The molecule has 1 fully saturated rings. The van der Waals surface area contributed by atoms with Crippen molar-refractivity contribution >= 4 is 10.0 Å². The van der Waals surface area contributed by atoms with E-state index in [9.17, 15) is 8.42 Å². The van der Waals surface area contributed by atoms with E-state index in [1.54, 1.807) is 0 Å². The fraction of sp³-hybridized carbons (Fsp3) is 0.647. The molecule has 1 aromatic rings. The predicted octanol–water partition coefficient (Wildman–Crippen LogP) is 2.76. The van der Waals surface area contributed by atoms with Crippen LogP contribution in [0.25, 0.3) is 0 Å². The van der Waals surface area contributed by atoms with Crippen molar-refractivity contribution in [2.45, 2.75) is 57.9 Å². The van der Waals surface area contributed by atoms with Gasteiger partial charge in [0.1, 0.15) is 0 Å². The summed E-state index contributed by atoms with van der Waals surface area (Å²) in [5.41, 5.74) is 2.75. The Balaban J connectivity index is 2.10. The number of likely N-dealkylation sites (tertiary alicyclic amines) is 1. The molecule has 0 aliphatic carbocycles. The van der Waals surface area contributed by atoms with Crippen LogP contribution in [0.5, 0.6) is 0 Å². The number of hydrogen-bond donors (Lipinski definition) is 1. The van der Waals surface area contributed by atoms with Crippen LogP contribution in [0.3, 0.4) is 0 Å². The van der Waals surface area contributed by atoms with Gasteiger partial charge >= 0.3 is 0 Å². The normalized spacial score (nSPS) is 17.8. The molecule has 0 radical (unpaired) electrons. The van der Waals surface area contributed by atoms with Crippen molar-refractivity contribution < 1.29 is 8.42 Å². The summed E-state index contributed by atoms with van der Waals surface area (Å²) in [6.45, 7) is 11.0. The standard InChI is InChI=1S/C17H28N2O2S/c1-5-8-19-9-6-16(7-10-19)18-22(20,21)17-14(3)11-13(2)12-15(17)4/h11-12,16,18H,5-10H2,1-4H3. The highest BCUT2D eigenvalue weighted by Gasteiger charge is 2.26. The third-order valence-corrected chi connectivity index (χ3v) is 6.15. The van der Waals surface area contributed by atoms with Crippen LogP contribution in [0.2, 0.25) is 0 Å². The average Bonchev–Trinajstić information content (AvgIpc) is 2.39. The lowest BCUT2D eigenvalue weighted by Crippen LogP contribution is -2.44. The smallest absolute Gasteiger partial charge is 0.241 e. The van der Waals surface area contributed by atoms with E-state index in [1.165, 1.54) is 0 Å². The van der Waals surface area contributed by atoms with E-state index in [0.717, 1.165) is 55.6 Å². The molecule has 1 aliphatic rings. The van der Waals surface area contributed by atoms with Gasteiger partial charge in [0.2, 0.25) is 10.0 Å². The molecule has 1 saturated heterocycles. The number of rotatable bonds is 5. The van der Waals surface area contributed by atoms with Gasteiger partial charge < -0.3 is 4.90 Å². The van der Waals surface area contributed by atoms with Gasteiger partial charge in [0.05, 0.1) is 4.90 Å². The molecule has 1 aliphatic heterocycles. The molecular formula is C17H28N2O2S. The van der Waals surface area contributed by atoms with Crippen molar-refractivity contribution in [3.8, 4) is 0 Å². The van der Waals surface area contributed by atoms with Crippen molar-refractivity contribution in [1.29, 1.82) is 0 Å². The molecule has 0 saturated carbocycles. The van der Waals surface area contributed by atoms with Gasteiger partial charge in [0, 0.05) is 6.04 Å². The molecule has 1 heterocycles. The highest BCUT2D eigenvalue weighted by molar-refractivity contribution is 7.89. The molecule has 1 aromatic carbocycles. The number of benzene rings is 1. The van der Waals surface area contributed by atoms with Gasteiger partial charge in [-0.3, -0.25) is 0 Å². The molecule has 0 bridgehead atoms. The molecule has 22 heavy (non-hydrogen) atoms. The summed E-state index contributed by atoms with van der Waals surface area (Å²) in [6, 6.07) is 3.93. The van der Waals surface area contributed by atoms with Gasteiger partial charge in [-0.15, -0.1) is 0 Å². The van der Waals surface area contributed by atoms with Crippen LogP contribution >= 0.6 is 0 Å². The maximum Gasteiger partial charge on any atom is 0.241 e. The number of hydrogen-bond acceptors (Lipinski definition) is 3. The average molecular weight is 324 g/mol. The van der Waals surface area contributed by atoms with Crippen LogP contribution in [0, 0.1) is 20.8 Å². The quantitative estimate of drug-likeness (QED) is 0.906. The minimum atomic E-state index is -3.44. The molecule has 5 heteroatoms. The molecular weight excluding hydrogens is 296 g/mol. The third-order valence-electron chi connectivity index (χ3n) is 4.32. The van der Waals surface area contributed by atoms with Gasteiger partial charge in [0.15, 0.2) is 0 Å². The second kappa shape index (κ2) is 7.11. The van der Waals surface area contributed by atoms with E-state index in [4.69, 9.17) is 0 Å². The zero-order chi connectivity index (χ0) is 16.3. The van der Waals surface area contributed by atoms with E-state index < -0.39 is 10.0 Å². The summed E-state index contributed by atoms with van der Waals surface area (Å²) in [5.74, 6) is 0. The van der Waals surface area contributed by atoms with E-state index >= 15 is 0 Å². The van der Waals surface area contributed by atoms with Crippen LogP contribution in [0.1, 0.15) is 42.9 Å². The van der Waals surface area contributed by atoms with Gasteiger partial charge in [0.25, 0.3) is 0 Å². The summed E-state index contributed by atoms with van der Waals surface area (Å²) < 4.78 is 28.4. The molecule has 1 N–H and O–H groups in total. The highest BCUT2D eigenvalue weighted by Crippen LogP contribution is 2.23. The van der Waals surface area contributed by atoms with Crippen molar-refractivity contribution in [3.63, 3.8) is 0 Å². The molecule has 0 amide bonds.